The van der Waals surface area contributed by atoms with E-state index >= 15 is 0 Å². The van der Waals surface area contributed by atoms with Crippen molar-refractivity contribution in [3.05, 3.63) is 27.3 Å². The molecule has 16 heavy (non-hydrogen) atoms. The van der Waals surface area contributed by atoms with Crippen LogP contribution in [0.15, 0.2) is 18.2 Å². The molecule has 0 amide bonds. The van der Waals surface area contributed by atoms with E-state index in [1.807, 2.05) is 22.6 Å². The summed E-state index contributed by atoms with van der Waals surface area (Å²) in [6.45, 7) is 0. The van der Waals surface area contributed by atoms with Crippen molar-refractivity contribution < 1.29 is 18.3 Å². The molecule has 0 bridgehead atoms. The van der Waals surface area contributed by atoms with E-state index in [9.17, 15) is 13.2 Å². The summed E-state index contributed by atoms with van der Waals surface area (Å²) in [4.78, 5) is 11.0. The van der Waals surface area contributed by atoms with Gasteiger partial charge in [0.15, 0.2) is 0 Å². The number of carbonyl (C=O) groups is 1. The van der Waals surface area contributed by atoms with Crippen LogP contribution in [0, 0.1) is 3.57 Å². The fraction of sp³-hybridized carbons (Fsp3) is 0.222. The fourth-order valence-corrected chi connectivity index (χ4v) is 2.14. The van der Waals surface area contributed by atoms with Crippen LogP contribution in [-0.4, -0.2) is 32.8 Å². The van der Waals surface area contributed by atoms with Gasteiger partial charge in [0.2, 0.25) is 10.0 Å². The lowest BCUT2D eigenvalue weighted by atomic mass is 10.2. The van der Waals surface area contributed by atoms with Crippen LogP contribution in [-0.2, 0) is 10.0 Å². The molecule has 1 N–H and O–H groups in total. The van der Waals surface area contributed by atoms with Crippen LogP contribution < -0.4 is 4.31 Å². The van der Waals surface area contributed by atoms with Crippen molar-refractivity contribution in [2.75, 3.05) is 17.6 Å². The molecule has 0 aromatic heterocycles. The Balaban J connectivity index is 3.40. The molecule has 0 radical (unpaired) electrons. The third-order valence-corrected chi connectivity index (χ3v) is 3.89. The van der Waals surface area contributed by atoms with Crippen molar-refractivity contribution >= 4 is 44.3 Å². The Bertz CT molecular complexity index is 526. The minimum Gasteiger partial charge on any atom is -0.478 e. The second-order valence-corrected chi connectivity index (χ2v) is 6.46. The Morgan fingerprint density at radius 1 is 1.44 bits per heavy atom. The first kappa shape index (κ1) is 13.2. The number of carboxylic acids is 1. The van der Waals surface area contributed by atoms with Gasteiger partial charge in [0.05, 0.1) is 17.5 Å². The quantitative estimate of drug-likeness (QED) is 0.832. The number of hydrogen-bond donors (Lipinski definition) is 1. The average Bonchev–Trinajstić information content (AvgIpc) is 2.15. The van der Waals surface area contributed by atoms with Crippen LogP contribution in [0.4, 0.5) is 5.69 Å². The van der Waals surface area contributed by atoms with E-state index in [-0.39, 0.29) is 11.3 Å². The highest BCUT2D eigenvalue weighted by Gasteiger charge is 2.19. The van der Waals surface area contributed by atoms with Gasteiger partial charge in [-0.1, -0.05) is 0 Å². The van der Waals surface area contributed by atoms with Crippen LogP contribution in [0.3, 0.4) is 0 Å². The first-order valence-corrected chi connectivity index (χ1v) is 7.13. The minimum absolute atomic E-state index is 0.0279. The monoisotopic (exact) mass is 355 g/mol. The van der Waals surface area contributed by atoms with Crippen LogP contribution in [0.1, 0.15) is 10.4 Å². The minimum atomic E-state index is -3.46. The summed E-state index contributed by atoms with van der Waals surface area (Å²) in [7, 11) is -2.13. The van der Waals surface area contributed by atoms with E-state index in [1.165, 1.54) is 19.2 Å². The molecule has 5 nitrogen and oxygen atoms in total. The molecule has 0 atom stereocenters. The van der Waals surface area contributed by atoms with Gasteiger partial charge in [0.25, 0.3) is 0 Å². The first-order valence-electron chi connectivity index (χ1n) is 4.20. The zero-order chi connectivity index (χ0) is 12.5. The lowest BCUT2D eigenvalue weighted by Crippen LogP contribution is -2.26. The third-order valence-electron chi connectivity index (χ3n) is 2.03. The van der Waals surface area contributed by atoms with E-state index in [2.05, 4.69) is 0 Å². The first-order chi connectivity index (χ1) is 7.23. The number of hydrogen-bond acceptors (Lipinski definition) is 3. The summed E-state index contributed by atoms with van der Waals surface area (Å²) in [6.07, 6.45) is 1.02. The Morgan fingerprint density at radius 3 is 2.44 bits per heavy atom. The molecule has 0 aliphatic rings. The largest absolute Gasteiger partial charge is 0.478 e. The SMILES string of the molecule is CN(c1ccc(I)cc1C(=O)O)S(C)(=O)=O. The highest BCUT2D eigenvalue weighted by atomic mass is 127. The van der Waals surface area contributed by atoms with Crippen LogP contribution in [0.5, 0.6) is 0 Å². The van der Waals surface area contributed by atoms with Crippen molar-refractivity contribution in [1.82, 2.24) is 0 Å². The molecule has 1 aromatic rings. The maximum absolute atomic E-state index is 11.3. The van der Waals surface area contributed by atoms with Crippen molar-refractivity contribution in [2.45, 2.75) is 0 Å². The molecule has 0 spiro atoms. The molecule has 0 aliphatic heterocycles. The van der Waals surface area contributed by atoms with Gasteiger partial charge in [-0.3, -0.25) is 4.31 Å². The number of aromatic carboxylic acids is 1. The highest BCUT2D eigenvalue weighted by molar-refractivity contribution is 14.1. The molecule has 1 rings (SSSR count). The van der Waals surface area contributed by atoms with E-state index in [0.29, 0.717) is 0 Å². The van der Waals surface area contributed by atoms with Gasteiger partial charge in [0.1, 0.15) is 0 Å². The summed E-state index contributed by atoms with van der Waals surface area (Å²) < 4.78 is 24.3. The van der Waals surface area contributed by atoms with Gasteiger partial charge in [-0.25, -0.2) is 13.2 Å². The number of halogens is 1. The maximum atomic E-state index is 11.3. The van der Waals surface area contributed by atoms with Gasteiger partial charge in [-0.15, -0.1) is 0 Å². The van der Waals surface area contributed by atoms with Crippen molar-refractivity contribution in [3.8, 4) is 0 Å². The van der Waals surface area contributed by atoms with Gasteiger partial charge < -0.3 is 5.11 Å². The normalized spacial score (nSPS) is 11.2. The van der Waals surface area contributed by atoms with E-state index in [0.717, 1.165) is 14.1 Å². The number of rotatable bonds is 3. The fourth-order valence-electron chi connectivity index (χ4n) is 1.13. The lowest BCUT2D eigenvalue weighted by Gasteiger charge is -2.18. The molecule has 0 heterocycles. The Morgan fingerprint density at radius 2 is 2.00 bits per heavy atom. The summed E-state index contributed by atoms with van der Waals surface area (Å²) in [5.41, 5.74) is 0.134. The predicted octanol–water partition coefficient (Wildman–Crippen LogP) is 1.39. The second kappa shape index (κ2) is 4.58. The molecule has 0 aliphatic carbocycles. The summed E-state index contributed by atoms with van der Waals surface area (Å²) in [6, 6.07) is 4.57. The van der Waals surface area contributed by atoms with Gasteiger partial charge in [-0.05, 0) is 40.8 Å². The lowest BCUT2D eigenvalue weighted by molar-refractivity contribution is 0.0697. The number of sulfonamides is 1. The zero-order valence-electron chi connectivity index (χ0n) is 8.64. The van der Waals surface area contributed by atoms with Crippen LogP contribution >= 0.6 is 22.6 Å². The van der Waals surface area contributed by atoms with Gasteiger partial charge in [0, 0.05) is 10.6 Å². The molecular weight excluding hydrogens is 345 g/mol. The molecular formula is C9H10INO4S. The third kappa shape index (κ3) is 2.85. The van der Waals surface area contributed by atoms with Crippen LogP contribution in [0.25, 0.3) is 0 Å². The van der Waals surface area contributed by atoms with Crippen molar-refractivity contribution in [2.24, 2.45) is 0 Å². The van der Waals surface area contributed by atoms with Crippen LogP contribution in [0.2, 0.25) is 0 Å². The Labute approximate surface area is 107 Å². The van der Waals surface area contributed by atoms with E-state index in [4.69, 9.17) is 5.11 Å². The summed E-state index contributed by atoms with van der Waals surface area (Å²) >= 11 is 1.97. The molecule has 7 heteroatoms. The molecule has 0 unspecified atom stereocenters. The summed E-state index contributed by atoms with van der Waals surface area (Å²) in [5.74, 6) is -1.15. The topological polar surface area (TPSA) is 74.7 Å². The summed E-state index contributed by atoms with van der Waals surface area (Å²) in [5, 5.41) is 8.98. The zero-order valence-corrected chi connectivity index (χ0v) is 11.6. The Hall–Kier alpha value is -0.830. The van der Waals surface area contributed by atoms with Gasteiger partial charge >= 0.3 is 5.97 Å². The number of anilines is 1. The number of carboxylic acid groups (broad SMARTS) is 1. The van der Waals surface area contributed by atoms with E-state index < -0.39 is 16.0 Å². The maximum Gasteiger partial charge on any atom is 0.337 e. The van der Waals surface area contributed by atoms with Crippen molar-refractivity contribution in [3.63, 3.8) is 0 Å². The predicted molar refractivity (Wildman–Crippen MR) is 69.4 cm³/mol. The molecule has 88 valence electrons. The second-order valence-electron chi connectivity index (χ2n) is 3.20. The van der Waals surface area contributed by atoms with E-state index in [1.54, 1.807) is 6.07 Å². The smallest absolute Gasteiger partial charge is 0.337 e. The van der Waals surface area contributed by atoms with Gasteiger partial charge in [-0.2, -0.15) is 0 Å². The molecule has 1 aromatic carbocycles. The highest BCUT2D eigenvalue weighted by Crippen LogP contribution is 2.23. The van der Waals surface area contributed by atoms with Crippen molar-refractivity contribution in [1.29, 1.82) is 0 Å². The average molecular weight is 355 g/mol. The molecule has 0 saturated carbocycles. The number of nitrogens with zero attached hydrogens (tertiary/aromatic N) is 1. The Kier molecular flexibility index (Phi) is 3.79. The standard InChI is InChI=1S/C9H10INO4S/c1-11(16(2,14)15)8-4-3-6(10)5-7(8)9(12)13/h3-5H,1-2H3,(H,12,13). The molecule has 0 saturated heterocycles. The molecule has 0 fully saturated rings. The number of benzene rings is 1.